The lowest BCUT2D eigenvalue weighted by molar-refractivity contribution is 0.149. The average Bonchev–Trinajstić information content (AvgIpc) is 2.88. The summed E-state index contributed by atoms with van der Waals surface area (Å²) in [4.78, 5) is 1.05. The molecule has 0 heterocycles. The van der Waals surface area contributed by atoms with Gasteiger partial charge in [0.1, 0.15) is 5.82 Å². The van der Waals surface area contributed by atoms with Crippen LogP contribution in [0.4, 0.5) is 4.39 Å². The number of aliphatic hydroxyl groups is 1. The fourth-order valence-corrected chi connectivity index (χ4v) is 1.95. The Hall–Kier alpha value is -0.540. The van der Waals surface area contributed by atoms with Crippen molar-refractivity contribution in [3.63, 3.8) is 0 Å². The molecular weight excluding hydrogens is 199 g/mol. The van der Waals surface area contributed by atoms with E-state index in [1.54, 1.807) is 17.8 Å². The van der Waals surface area contributed by atoms with E-state index in [0.29, 0.717) is 12.0 Å². The minimum atomic E-state index is -0.613. The fraction of sp³-hybridized carbons (Fsp3) is 0.455. The van der Waals surface area contributed by atoms with E-state index < -0.39 is 5.60 Å². The third-order valence-electron chi connectivity index (χ3n) is 2.60. The largest absolute Gasteiger partial charge is 0.390 e. The Kier molecular flexibility index (Phi) is 2.54. The van der Waals surface area contributed by atoms with E-state index in [1.807, 2.05) is 12.3 Å². The van der Waals surface area contributed by atoms with Crippen molar-refractivity contribution in [1.82, 2.24) is 0 Å². The SMILES string of the molecule is CSc1ccc(F)c(CC2(O)CC2)c1. The normalized spacial score (nSPS) is 18.2. The number of thioether (sulfide) groups is 1. The minimum absolute atomic E-state index is 0.205. The van der Waals surface area contributed by atoms with Crippen LogP contribution in [0, 0.1) is 5.82 Å². The molecule has 1 nitrogen and oxygen atoms in total. The second kappa shape index (κ2) is 3.55. The molecular formula is C11H13FOS. The Labute approximate surface area is 87.3 Å². The minimum Gasteiger partial charge on any atom is -0.390 e. The summed E-state index contributed by atoms with van der Waals surface area (Å²) in [6.07, 6.45) is 4.02. The predicted octanol–water partition coefficient (Wildman–Crippen LogP) is 2.62. The van der Waals surface area contributed by atoms with Crippen LogP contribution in [0.1, 0.15) is 18.4 Å². The molecule has 0 aliphatic heterocycles. The molecule has 1 aliphatic rings. The topological polar surface area (TPSA) is 20.2 Å². The Morgan fingerprint density at radius 1 is 1.50 bits per heavy atom. The molecule has 1 N–H and O–H groups in total. The average molecular weight is 212 g/mol. The van der Waals surface area contributed by atoms with E-state index in [-0.39, 0.29) is 5.82 Å². The number of hydrogen-bond acceptors (Lipinski definition) is 2. The monoisotopic (exact) mass is 212 g/mol. The molecule has 1 aromatic rings. The molecule has 1 aromatic carbocycles. The van der Waals surface area contributed by atoms with Crippen LogP contribution in [0.25, 0.3) is 0 Å². The molecule has 2 rings (SSSR count). The van der Waals surface area contributed by atoms with Crippen LogP contribution in [0.15, 0.2) is 23.1 Å². The van der Waals surface area contributed by atoms with Crippen LogP contribution in [0.2, 0.25) is 0 Å². The van der Waals surface area contributed by atoms with Gasteiger partial charge >= 0.3 is 0 Å². The molecule has 0 saturated heterocycles. The first-order valence-electron chi connectivity index (χ1n) is 4.68. The molecule has 1 saturated carbocycles. The van der Waals surface area contributed by atoms with E-state index in [2.05, 4.69) is 0 Å². The van der Waals surface area contributed by atoms with Crippen molar-refractivity contribution in [3.05, 3.63) is 29.6 Å². The van der Waals surface area contributed by atoms with E-state index >= 15 is 0 Å². The van der Waals surface area contributed by atoms with Gasteiger partial charge < -0.3 is 5.11 Å². The zero-order valence-electron chi connectivity index (χ0n) is 8.09. The fourth-order valence-electron chi connectivity index (χ4n) is 1.49. The number of benzene rings is 1. The Morgan fingerprint density at radius 2 is 2.21 bits per heavy atom. The Bertz CT molecular complexity index is 347. The van der Waals surface area contributed by atoms with Gasteiger partial charge in [0.05, 0.1) is 5.60 Å². The van der Waals surface area contributed by atoms with Gasteiger partial charge in [0, 0.05) is 11.3 Å². The third kappa shape index (κ3) is 2.10. The molecule has 14 heavy (non-hydrogen) atoms. The lowest BCUT2D eigenvalue weighted by Crippen LogP contribution is -2.11. The maximum Gasteiger partial charge on any atom is 0.126 e. The Balaban J connectivity index is 2.22. The lowest BCUT2D eigenvalue weighted by Gasteiger charge is -2.09. The number of halogens is 1. The molecule has 0 bridgehead atoms. The maximum absolute atomic E-state index is 13.3. The smallest absolute Gasteiger partial charge is 0.126 e. The van der Waals surface area contributed by atoms with Crippen molar-refractivity contribution in [1.29, 1.82) is 0 Å². The van der Waals surface area contributed by atoms with Gasteiger partial charge in [0.25, 0.3) is 0 Å². The highest BCUT2D eigenvalue weighted by Gasteiger charge is 2.40. The summed E-state index contributed by atoms with van der Waals surface area (Å²) in [6, 6.07) is 5.07. The summed E-state index contributed by atoms with van der Waals surface area (Å²) in [5.41, 5.74) is 0.0227. The van der Waals surface area contributed by atoms with Gasteiger partial charge in [-0.15, -0.1) is 11.8 Å². The highest BCUT2D eigenvalue weighted by Crippen LogP contribution is 2.39. The first-order valence-corrected chi connectivity index (χ1v) is 5.90. The van der Waals surface area contributed by atoms with Crippen LogP contribution >= 0.6 is 11.8 Å². The second-order valence-corrected chi connectivity index (χ2v) is 4.74. The summed E-state index contributed by atoms with van der Waals surface area (Å²) < 4.78 is 13.3. The highest BCUT2D eigenvalue weighted by molar-refractivity contribution is 7.98. The molecule has 0 amide bonds. The third-order valence-corrected chi connectivity index (χ3v) is 3.32. The van der Waals surface area contributed by atoms with Crippen LogP contribution in [0.3, 0.4) is 0 Å². The van der Waals surface area contributed by atoms with Crippen LogP contribution in [0.5, 0.6) is 0 Å². The molecule has 0 unspecified atom stereocenters. The van der Waals surface area contributed by atoms with E-state index in [4.69, 9.17) is 0 Å². The molecule has 0 spiro atoms. The molecule has 76 valence electrons. The summed E-state index contributed by atoms with van der Waals surface area (Å²) in [6.45, 7) is 0. The molecule has 1 fully saturated rings. The van der Waals surface area contributed by atoms with Crippen LogP contribution < -0.4 is 0 Å². The summed E-state index contributed by atoms with van der Waals surface area (Å²) >= 11 is 1.59. The summed E-state index contributed by atoms with van der Waals surface area (Å²) in [7, 11) is 0. The quantitative estimate of drug-likeness (QED) is 0.777. The zero-order chi connectivity index (χ0) is 10.2. The van der Waals surface area contributed by atoms with Crippen molar-refractivity contribution < 1.29 is 9.50 Å². The molecule has 0 aromatic heterocycles. The van der Waals surface area contributed by atoms with E-state index in [0.717, 1.165) is 17.7 Å². The van der Waals surface area contributed by atoms with E-state index in [9.17, 15) is 9.50 Å². The second-order valence-electron chi connectivity index (χ2n) is 3.86. The van der Waals surface area contributed by atoms with Crippen LogP contribution in [-0.4, -0.2) is 17.0 Å². The Morgan fingerprint density at radius 3 is 2.79 bits per heavy atom. The summed E-state index contributed by atoms with van der Waals surface area (Å²) in [5.74, 6) is -0.205. The van der Waals surface area contributed by atoms with Crippen LogP contribution in [-0.2, 0) is 6.42 Å². The number of hydrogen-bond donors (Lipinski definition) is 1. The highest BCUT2D eigenvalue weighted by atomic mass is 32.2. The van der Waals surface area contributed by atoms with Gasteiger partial charge in [-0.2, -0.15) is 0 Å². The first-order chi connectivity index (χ1) is 6.63. The van der Waals surface area contributed by atoms with Gasteiger partial charge in [-0.05, 0) is 42.9 Å². The van der Waals surface area contributed by atoms with E-state index in [1.165, 1.54) is 6.07 Å². The van der Waals surface area contributed by atoms with Gasteiger partial charge in [-0.25, -0.2) is 4.39 Å². The van der Waals surface area contributed by atoms with Gasteiger partial charge in [-0.1, -0.05) is 0 Å². The predicted molar refractivity (Wildman–Crippen MR) is 56.1 cm³/mol. The summed E-state index contributed by atoms with van der Waals surface area (Å²) in [5, 5.41) is 9.70. The van der Waals surface area contributed by atoms with Crippen molar-refractivity contribution >= 4 is 11.8 Å². The molecule has 3 heteroatoms. The first kappa shape index (κ1) is 9.99. The standard InChI is InChI=1S/C11H13FOS/c1-14-9-2-3-10(12)8(6-9)7-11(13)4-5-11/h2-3,6,13H,4-5,7H2,1H3. The lowest BCUT2D eigenvalue weighted by atomic mass is 10.1. The van der Waals surface area contributed by atoms with Gasteiger partial charge in [-0.3, -0.25) is 0 Å². The number of rotatable bonds is 3. The van der Waals surface area contributed by atoms with Gasteiger partial charge in [0.2, 0.25) is 0 Å². The van der Waals surface area contributed by atoms with Crippen molar-refractivity contribution in [2.45, 2.75) is 29.8 Å². The van der Waals surface area contributed by atoms with Crippen molar-refractivity contribution in [2.75, 3.05) is 6.26 Å². The van der Waals surface area contributed by atoms with Crippen molar-refractivity contribution in [2.24, 2.45) is 0 Å². The van der Waals surface area contributed by atoms with Crippen molar-refractivity contribution in [3.8, 4) is 0 Å². The zero-order valence-corrected chi connectivity index (χ0v) is 8.90. The van der Waals surface area contributed by atoms with Gasteiger partial charge in [0.15, 0.2) is 0 Å². The molecule has 0 radical (unpaired) electrons. The molecule has 0 atom stereocenters. The molecule has 1 aliphatic carbocycles. The maximum atomic E-state index is 13.3.